The zero-order chi connectivity index (χ0) is 24.2. The topological polar surface area (TPSA) is 140 Å². The summed E-state index contributed by atoms with van der Waals surface area (Å²) in [5.41, 5.74) is 2.05. The number of amides is 1. The Bertz CT molecular complexity index is 1270. The molecule has 0 unspecified atom stereocenters. The molecule has 0 saturated carbocycles. The number of nitrogens with one attached hydrogen (secondary N) is 2. The van der Waals surface area contributed by atoms with Crippen molar-refractivity contribution in [3.05, 3.63) is 59.2 Å². The molecule has 0 aliphatic heterocycles. The van der Waals surface area contributed by atoms with Crippen LogP contribution in [0, 0.1) is 6.92 Å². The van der Waals surface area contributed by atoms with Crippen molar-refractivity contribution < 1.29 is 17.9 Å². The first-order valence-electron chi connectivity index (χ1n) is 9.66. The molecule has 3 rings (SSSR count). The van der Waals surface area contributed by atoms with Crippen LogP contribution in [0.4, 0.5) is 23.1 Å². The molecule has 4 N–H and O–H groups in total. The summed E-state index contributed by atoms with van der Waals surface area (Å²) >= 11 is 6.30. The molecule has 0 radical (unpaired) electrons. The Morgan fingerprint density at radius 3 is 2.39 bits per heavy atom. The summed E-state index contributed by atoms with van der Waals surface area (Å²) in [6.07, 6.45) is 1.64. The van der Waals surface area contributed by atoms with Crippen LogP contribution in [-0.4, -0.2) is 49.9 Å². The lowest BCUT2D eigenvalue weighted by Gasteiger charge is -2.14. The van der Waals surface area contributed by atoms with Gasteiger partial charge in [0.05, 0.1) is 9.92 Å². The number of sulfonamides is 1. The lowest BCUT2D eigenvalue weighted by Crippen LogP contribution is -2.27. The van der Waals surface area contributed by atoms with E-state index in [1.54, 1.807) is 50.6 Å². The second kappa shape index (κ2) is 10.0. The summed E-state index contributed by atoms with van der Waals surface area (Å²) in [6, 6.07) is 11.0. The second-order valence-corrected chi connectivity index (χ2v) is 9.24. The summed E-state index contributed by atoms with van der Waals surface area (Å²) in [5, 5.41) is 11.6. The van der Waals surface area contributed by atoms with E-state index in [1.165, 1.54) is 17.0 Å². The normalized spacial score (nSPS) is 11.1. The molecule has 0 saturated heterocycles. The van der Waals surface area contributed by atoms with Crippen molar-refractivity contribution in [1.82, 2.24) is 14.9 Å². The molecular formula is C21H23ClN6O4S. The average Bonchev–Trinajstić information content (AvgIpc) is 2.75. The van der Waals surface area contributed by atoms with E-state index >= 15 is 0 Å². The third kappa shape index (κ3) is 6.54. The fourth-order valence-corrected chi connectivity index (χ4v) is 3.34. The molecule has 1 aromatic heterocycles. The largest absolute Gasteiger partial charge is 0.482 e. The molecule has 3 aromatic rings. The van der Waals surface area contributed by atoms with Gasteiger partial charge in [-0.15, -0.1) is 0 Å². The molecule has 0 fully saturated rings. The van der Waals surface area contributed by atoms with E-state index in [1.807, 2.05) is 6.92 Å². The standard InChI is InChI=1S/C21H23ClN6O4S/c1-13-11-24-21(26-14-4-7-16(8-5-14)33(23,30)31)27-20(13)25-15-6-9-18(17(22)10-15)32-12-19(29)28(2)3/h4-11H,12H2,1-3H3,(H2,23,30,31)(H2,24,25,26,27). The highest BCUT2D eigenvalue weighted by Crippen LogP contribution is 2.30. The van der Waals surface area contributed by atoms with Gasteiger partial charge in [-0.05, 0) is 49.4 Å². The second-order valence-electron chi connectivity index (χ2n) is 7.27. The van der Waals surface area contributed by atoms with Gasteiger partial charge in [-0.3, -0.25) is 4.79 Å². The van der Waals surface area contributed by atoms with Gasteiger partial charge in [0, 0.05) is 37.2 Å². The number of benzene rings is 2. The van der Waals surface area contributed by atoms with Crippen LogP contribution in [0.15, 0.2) is 53.6 Å². The van der Waals surface area contributed by atoms with Gasteiger partial charge < -0.3 is 20.3 Å². The number of rotatable bonds is 8. The van der Waals surface area contributed by atoms with E-state index < -0.39 is 10.0 Å². The quantitative estimate of drug-likeness (QED) is 0.437. The van der Waals surface area contributed by atoms with Gasteiger partial charge in [0.25, 0.3) is 5.91 Å². The fourth-order valence-electron chi connectivity index (χ4n) is 2.59. The molecule has 0 aliphatic rings. The molecule has 0 spiro atoms. The Hall–Kier alpha value is -3.41. The highest BCUT2D eigenvalue weighted by atomic mass is 35.5. The number of primary sulfonamides is 1. The molecule has 1 heterocycles. The minimum atomic E-state index is -3.77. The van der Waals surface area contributed by atoms with Gasteiger partial charge in [-0.2, -0.15) is 4.98 Å². The summed E-state index contributed by atoms with van der Waals surface area (Å²) in [4.78, 5) is 21.8. The van der Waals surface area contributed by atoms with E-state index in [-0.39, 0.29) is 17.4 Å². The summed E-state index contributed by atoms with van der Waals surface area (Å²) < 4.78 is 28.2. The van der Waals surface area contributed by atoms with Crippen LogP contribution in [0.5, 0.6) is 5.75 Å². The number of halogens is 1. The van der Waals surface area contributed by atoms with Gasteiger partial charge in [-0.25, -0.2) is 18.5 Å². The van der Waals surface area contributed by atoms with E-state index in [9.17, 15) is 13.2 Å². The molecule has 10 nitrogen and oxygen atoms in total. The first-order valence-corrected chi connectivity index (χ1v) is 11.6. The van der Waals surface area contributed by atoms with Gasteiger partial charge >= 0.3 is 0 Å². The van der Waals surface area contributed by atoms with Crippen molar-refractivity contribution in [2.75, 3.05) is 31.3 Å². The molecule has 0 atom stereocenters. The van der Waals surface area contributed by atoms with Crippen LogP contribution < -0.4 is 20.5 Å². The Balaban J connectivity index is 1.72. The van der Waals surface area contributed by atoms with E-state index in [2.05, 4.69) is 20.6 Å². The van der Waals surface area contributed by atoms with Crippen LogP contribution in [0.25, 0.3) is 0 Å². The number of aryl methyl sites for hydroxylation is 1. The number of carbonyl (C=O) groups excluding carboxylic acids is 1. The van der Waals surface area contributed by atoms with Crippen molar-refractivity contribution >= 4 is 50.7 Å². The minimum Gasteiger partial charge on any atom is -0.482 e. The number of anilines is 4. The highest BCUT2D eigenvalue weighted by Gasteiger charge is 2.11. The SMILES string of the molecule is Cc1cnc(Nc2ccc(S(N)(=O)=O)cc2)nc1Nc1ccc(OCC(=O)N(C)C)c(Cl)c1. The number of nitrogens with zero attached hydrogens (tertiary/aromatic N) is 3. The third-order valence-electron chi connectivity index (χ3n) is 4.46. The number of ether oxygens (including phenoxy) is 1. The molecule has 2 aromatic carbocycles. The molecular weight excluding hydrogens is 468 g/mol. The zero-order valence-electron chi connectivity index (χ0n) is 18.2. The first-order chi connectivity index (χ1) is 15.5. The van der Waals surface area contributed by atoms with E-state index in [0.717, 1.165) is 5.56 Å². The predicted octanol–water partition coefficient (Wildman–Crippen LogP) is 3.04. The van der Waals surface area contributed by atoms with Crippen molar-refractivity contribution in [2.45, 2.75) is 11.8 Å². The van der Waals surface area contributed by atoms with E-state index in [0.29, 0.717) is 33.9 Å². The molecule has 0 bridgehead atoms. The number of aromatic nitrogens is 2. The Morgan fingerprint density at radius 1 is 1.12 bits per heavy atom. The van der Waals surface area contributed by atoms with Gasteiger partial charge in [0.2, 0.25) is 16.0 Å². The van der Waals surface area contributed by atoms with Crippen molar-refractivity contribution in [1.29, 1.82) is 0 Å². The molecule has 12 heteroatoms. The van der Waals surface area contributed by atoms with Crippen LogP contribution >= 0.6 is 11.6 Å². The number of nitrogens with two attached hydrogens (primary N) is 1. The smallest absolute Gasteiger partial charge is 0.259 e. The number of carbonyl (C=O) groups is 1. The van der Waals surface area contributed by atoms with Crippen LogP contribution in [-0.2, 0) is 14.8 Å². The maximum atomic E-state index is 11.7. The fraction of sp³-hybridized carbons (Fsp3) is 0.190. The molecule has 174 valence electrons. The van der Waals surface area contributed by atoms with Gasteiger partial charge in [0.1, 0.15) is 11.6 Å². The Labute approximate surface area is 196 Å². The maximum absolute atomic E-state index is 11.7. The van der Waals surface area contributed by atoms with Crippen LogP contribution in [0.3, 0.4) is 0 Å². The average molecular weight is 491 g/mol. The summed E-state index contributed by atoms with van der Waals surface area (Å²) in [5.74, 6) is 1.06. The highest BCUT2D eigenvalue weighted by molar-refractivity contribution is 7.89. The monoisotopic (exact) mass is 490 g/mol. The zero-order valence-corrected chi connectivity index (χ0v) is 19.7. The number of hydrogen-bond donors (Lipinski definition) is 3. The molecule has 0 aliphatic carbocycles. The Kier molecular flexibility index (Phi) is 7.36. The Morgan fingerprint density at radius 2 is 1.79 bits per heavy atom. The third-order valence-corrected chi connectivity index (χ3v) is 5.68. The van der Waals surface area contributed by atoms with Crippen LogP contribution in [0.2, 0.25) is 5.02 Å². The lowest BCUT2D eigenvalue weighted by atomic mass is 10.2. The lowest BCUT2D eigenvalue weighted by molar-refractivity contribution is -0.130. The molecule has 33 heavy (non-hydrogen) atoms. The predicted molar refractivity (Wildman–Crippen MR) is 127 cm³/mol. The van der Waals surface area contributed by atoms with Crippen molar-refractivity contribution in [3.63, 3.8) is 0 Å². The molecule has 1 amide bonds. The first kappa shape index (κ1) is 24.2. The number of likely N-dealkylation sites (N-methyl/N-ethyl adjacent to an activating group) is 1. The number of hydrogen-bond acceptors (Lipinski definition) is 8. The van der Waals surface area contributed by atoms with Crippen LogP contribution in [0.1, 0.15) is 5.56 Å². The summed E-state index contributed by atoms with van der Waals surface area (Å²) in [6.45, 7) is 1.73. The minimum absolute atomic E-state index is 0.00983. The van der Waals surface area contributed by atoms with E-state index in [4.69, 9.17) is 21.5 Å². The summed E-state index contributed by atoms with van der Waals surface area (Å²) in [7, 11) is -0.474. The van der Waals surface area contributed by atoms with Crippen molar-refractivity contribution in [2.24, 2.45) is 5.14 Å². The van der Waals surface area contributed by atoms with Gasteiger partial charge in [-0.1, -0.05) is 11.6 Å². The van der Waals surface area contributed by atoms with Crippen molar-refractivity contribution in [3.8, 4) is 5.75 Å². The maximum Gasteiger partial charge on any atom is 0.259 e. The van der Waals surface area contributed by atoms with Gasteiger partial charge in [0.15, 0.2) is 6.61 Å².